The first-order chi connectivity index (χ1) is 10.5. The third-order valence-corrected chi connectivity index (χ3v) is 4.03. The predicted octanol–water partition coefficient (Wildman–Crippen LogP) is 4.00. The summed E-state index contributed by atoms with van der Waals surface area (Å²) in [5, 5.41) is 6.05. The molecule has 4 nitrogen and oxygen atoms in total. The highest BCUT2D eigenvalue weighted by molar-refractivity contribution is 9.10. The topological polar surface area (TPSA) is 56.9 Å². The predicted molar refractivity (Wildman–Crippen MR) is 94.1 cm³/mol. The number of aryl methyl sites for hydroxylation is 1. The van der Waals surface area contributed by atoms with E-state index in [1.54, 1.807) is 6.07 Å². The number of H-pyrrole nitrogens is 1. The molecule has 0 aliphatic carbocycles. The molecular weight excluding hydrogens is 342 g/mol. The zero-order valence-corrected chi connectivity index (χ0v) is 14.5. The van der Waals surface area contributed by atoms with Crippen LogP contribution < -0.4 is 10.6 Å². The van der Waals surface area contributed by atoms with Crippen LogP contribution in [0.15, 0.2) is 46.6 Å². The van der Waals surface area contributed by atoms with Gasteiger partial charge in [-0.15, -0.1) is 0 Å². The summed E-state index contributed by atoms with van der Waals surface area (Å²) < 4.78 is 0.791. The van der Waals surface area contributed by atoms with E-state index in [0.29, 0.717) is 5.56 Å². The number of rotatable bonds is 5. The number of anilines is 1. The number of aromatic nitrogens is 1. The quantitative estimate of drug-likeness (QED) is 0.753. The number of aromatic amines is 1. The summed E-state index contributed by atoms with van der Waals surface area (Å²) >= 11 is 3.39. The Morgan fingerprint density at radius 3 is 2.77 bits per heavy atom. The van der Waals surface area contributed by atoms with E-state index in [4.69, 9.17) is 0 Å². The molecule has 2 rings (SSSR count). The van der Waals surface area contributed by atoms with Gasteiger partial charge in [0.2, 0.25) is 0 Å². The first-order valence-corrected chi connectivity index (χ1v) is 7.89. The molecule has 1 heterocycles. The highest BCUT2D eigenvalue weighted by Crippen LogP contribution is 2.18. The molecule has 0 radical (unpaired) electrons. The van der Waals surface area contributed by atoms with Crippen LogP contribution in [0.1, 0.15) is 28.5 Å². The molecule has 0 aliphatic heterocycles. The maximum atomic E-state index is 12.2. The second-order valence-electron chi connectivity index (χ2n) is 5.13. The van der Waals surface area contributed by atoms with Crippen molar-refractivity contribution in [2.24, 2.45) is 0 Å². The van der Waals surface area contributed by atoms with Gasteiger partial charge in [-0.2, -0.15) is 0 Å². The molecule has 0 saturated heterocycles. The maximum absolute atomic E-state index is 12.2. The van der Waals surface area contributed by atoms with Gasteiger partial charge in [0.15, 0.2) is 0 Å². The fraction of sp³-hybridized carbons (Fsp3) is 0.235. The lowest BCUT2D eigenvalue weighted by molar-refractivity contribution is 0.0965. The average molecular weight is 362 g/mol. The molecule has 0 fully saturated rings. The van der Waals surface area contributed by atoms with Crippen LogP contribution >= 0.6 is 15.9 Å². The summed E-state index contributed by atoms with van der Waals surface area (Å²) in [5.41, 5.74) is 3.75. The minimum Gasteiger partial charge on any atom is -0.374 e. The van der Waals surface area contributed by atoms with Gasteiger partial charge in [-0.05, 0) is 60.0 Å². The Labute approximate surface area is 139 Å². The third-order valence-electron chi connectivity index (χ3n) is 3.34. The van der Waals surface area contributed by atoms with Gasteiger partial charge in [0.1, 0.15) is 5.82 Å². The van der Waals surface area contributed by atoms with Gasteiger partial charge in [0, 0.05) is 22.9 Å². The summed E-state index contributed by atoms with van der Waals surface area (Å²) in [6, 6.07) is 9.49. The number of hydrogen-bond acceptors (Lipinski definition) is 2. The maximum Gasteiger partial charge on any atom is 0.256 e. The molecule has 0 atom stereocenters. The van der Waals surface area contributed by atoms with E-state index in [1.807, 2.05) is 45.2 Å². The molecule has 1 aromatic carbocycles. The molecule has 0 unspecified atom stereocenters. The SMILES string of the molecule is CNc1[nH]c(C)cc1C/C=C(\C)NC(=O)c1ccccc1Br. The Morgan fingerprint density at radius 2 is 2.09 bits per heavy atom. The van der Waals surface area contributed by atoms with Gasteiger partial charge in [0.05, 0.1) is 5.56 Å². The molecule has 1 aromatic heterocycles. The Kier molecular flexibility index (Phi) is 5.44. The standard InChI is InChI=1S/C17H20BrN3O/c1-11(8-9-13-10-12(2)20-16(13)19-3)21-17(22)14-6-4-5-7-15(14)18/h4-8,10,19-20H,9H2,1-3H3,(H,21,22)/b11-8+. The second-order valence-corrected chi connectivity index (χ2v) is 5.98. The van der Waals surface area contributed by atoms with Crippen molar-refractivity contribution in [1.82, 2.24) is 10.3 Å². The number of halogens is 1. The van der Waals surface area contributed by atoms with Crippen LogP contribution in [0.5, 0.6) is 0 Å². The van der Waals surface area contributed by atoms with E-state index >= 15 is 0 Å². The number of carbonyl (C=O) groups excluding carboxylic acids is 1. The van der Waals surface area contributed by atoms with E-state index in [9.17, 15) is 4.79 Å². The summed E-state index contributed by atoms with van der Waals surface area (Å²) in [4.78, 5) is 15.5. The van der Waals surface area contributed by atoms with Gasteiger partial charge in [-0.25, -0.2) is 0 Å². The molecule has 0 bridgehead atoms. The number of nitrogens with one attached hydrogen (secondary N) is 3. The van der Waals surface area contributed by atoms with Crippen molar-refractivity contribution in [2.75, 3.05) is 12.4 Å². The van der Waals surface area contributed by atoms with Crippen molar-refractivity contribution >= 4 is 27.7 Å². The lowest BCUT2D eigenvalue weighted by atomic mass is 10.2. The molecule has 0 aliphatic rings. The van der Waals surface area contributed by atoms with E-state index in [0.717, 1.165) is 28.1 Å². The fourth-order valence-corrected chi connectivity index (χ4v) is 2.70. The van der Waals surface area contributed by atoms with Crippen LogP contribution in [0.25, 0.3) is 0 Å². The average Bonchev–Trinajstić information content (AvgIpc) is 2.85. The van der Waals surface area contributed by atoms with Gasteiger partial charge >= 0.3 is 0 Å². The van der Waals surface area contributed by atoms with Gasteiger partial charge in [-0.1, -0.05) is 18.2 Å². The van der Waals surface area contributed by atoms with Crippen LogP contribution in [0.2, 0.25) is 0 Å². The number of hydrogen-bond donors (Lipinski definition) is 3. The molecule has 2 aromatic rings. The Hall–Kier alpha value is -2.01. The molecular formula is C17H20BrN3O. The molecule has 0 spiro atoms. The number of benzene rings is 1. The highest BCUT2D eigenvalue weighted by Gasteiger charge is 2.09. The first kappa shape index (κ1) is 16.4. The summed E-state index contributed by atoms with van der Waals surface area (Å²) in [6.45, 7) is 3.92. The van der Waals surface area contributed by atoms with Gasteiger partial charge in [0.25, 0.3) is 5.91 Å². The number of carbonyl (C=O) groups is 1. The summed E-state index contributed by atoms with van der Waals surface area (Å²) in [5.74, 6) is 0.902. The van der Waals surface area contributed by atoms with E-state index in [2.05, 4.69) is 37.6 Å². The Morgan fingerprint density at radius 1 is 1.36 bits per heavy atom. The smallest absolute Gasteiger partial charge is 0.256 e. The number of amides is 1. The largest absolute Gasteiger partial charge is 0.374 e. The zero-order valence-electron chi connectivity index (χ0n) is 13.0. The Balaban J connectivity index is 2.04. The van der Waals surface area contributed by atoms with Crippen LogP contribution in [0, 0.1) is 6.92 Å². The molecule has 5 heteroatoms. The van der Waals surface area contributed by atoms with Crippen molar-refractivity contribution in [3.8, 4) is 0 Å². The number of allylic oxidation sites excluding steroid dienone is 2. The normalized spacial score (nSPS) is 11.4. The van der Waals surface area contributed by atoms with Crippen LogP contribution in [0.3, 0.4) is 0 Å². The zero-order chi connectivity index (χ0) is 16.1. The second kappa shape index (κ2) is 7.31. The van der Waals surface area contributed by atoms with Crippen LogP contribution in [0.4, 0.5) is 5.82 Å². The summed E-state index contributed by atoms with van der Waals surface area (Å²) in [7, 11) is 1.89. The summed E-state index contributed by atoms with van der Waals surface area (Å²) in [6.07, 6.45) is 2.76. The lowest BCUT2D eigenvalue weighted by Gasteiger charge is -2.07. The van der Waals surface area contributed by atoms with Crippen LogP contribution in [-0.4, -0.2) is 17.9 Å². The highest BCUT2D eigenvalue weighted by atomic mass is 79.9. The van der Waals surface area contributed by atoms with E-state index in [1.165, 1.54) is 5.56 Å². The van der Waals surface area contributed by atoms with Crippen molar-refractivity contribution in [3.05, 3.63) is 63.4 Å². The van der Waals surface area contributed by atoms with Crippen molar-refractivity contribution in [2.45, 2.75) is 20.3 Å². The lowest BCUT2D eigenvalue weighted by Crippen LogP contribution is -2.21. The molecule has 3 N–H and O–H groups in total. The monoisotopic (exact) mass is 361 g/mol. The fourth-order valence-electron chi connectivity index (χ4n) is 2.24. The van der Waals surface area contributed by atoms with E-state index in [-0.39, 0.29) is 5.91 Å². The van der Waals surface area contributed by atoms with Crippen molar-refractivity contribution in [3.63, 3.8) is 0 Å². The molecule has 1 amide bonds. The third kappa shape index (κ3) is 4.01. The Bertz CT molecular complexity index is 704. The minimum atomic E-state index is -0.111. The first-order valence-electron chi connectivity index (χ1n) is 7.10. The van der Waals surface area contributed by atoms with E-state index < -0.39 is 0 Å². The molecule has 22 heavy (non-hydrogen) atoms. The van der Waals surface area contributed by atoms with Crippen molar-refractivity contribution < 1.29 is 4.79 Å². The molecule has 116 valence electrons. The van der Waals surface area contributed by atoms with Gasteiger partial charge < -0.3 is 15.6 Å². The van der Waals surface area contributed by atoms with Crippen molar-refractivity contribution in [1.29, 1.82) is 0 Å². The minimum absolute atomic E-state index is 0.111. The van der Waals surface area contributed by atoms with Crippen LogP contribution in [-0.2, 0) is 6.42 Å². The molecule has 0 saturated carbocycles. The van der Waals surface area contributed by atoms with Gasteiger partial charge in [-0.3, -0.25) is 4.79 Å².